The first-order chi connectivity index (χ1) is 14.4. The first-order valence-electron chi connectivity index (χ1n) is 9.59. The van der Waals surface area contributed by atoms with E-state index in [9.17, 15) is 9.59 Å². The number of ether oxygens (including phenoxy) is 1. The van der Waals surface area contributed by atoms with Crippen LogP contribution in [0.2, 0.25) is 0 Å². The molecule has 0 radical (unpaired) electrons. The average molecular weight is 425 g/mol. The van der Waals surface area contributed by atoms with Gasteiger partial charge in [-0.2, -0.15) is 0 Å². The van der Waals surface area contributed by atoms with Gasteiger partial charge >= 0.3 is 0 Å². The molecular weight excluding hydrogens is 400 g/mol. The van der Waals surface area contributed by atoms with Crippen molar-refractivity contribution in [3.8, 4) is 17.1 Å². The first kappa shape index (κ1) is 21.6. The fourth-order valence-corrected chi connectivity index (χ4v) is 3.85. The van der Waals surface area contributed by atoms with E-state index < -0.39 is 5.25 Å². The normalized spacial score (nSPS) is 11.7. The van der Waals surface area contributed by atoms with Gasteiger partial charge in [0, 0.05) is 17.8 Å². The van der Waals surface area contributed by atoms with Crippen molar-refractivity contribution in [1.82, 2.24) is 14.8 Å². The number of methoxy groups -OCH3 is 1. The Balaban J connectivity index is 1.75. The lowest BCUT2D eigenvalue weighted by atomic mass is 10.1. The zero-order chi connectivity index (χ0) is 21.7. The molecule has 0 fully saturated rings. The fourth-order valence-electron chi connectivity index (χ4n) is 2.93. The van der Waals surface area contributed by atoms with Gasteiger partial charge in [-0.3, -0.25) is 9.59 Å². The van der Waals surface area contributed by atoms with Crippen LogP contribution in [-0.4, -0.2) is 38.8 Å². The molecule has 7 nitrogen and oxygen atoms in total. The molecule has 1 atom stereocenters. The molecule has 3 aromatic rings. The van der Waals surface area contributed by atoms with E-state index in [1.54, 1.807) is 31.4 Å². The van der Waals surface area contributed by atoms with Crippen molar-refractivity contribution in [1.29, 1.82) is 0 Å². The summed E-state index contributed by atoms with van der Waals surface area (Å²) in [7, 11) is 1.62. The van der Waals surface area contributed by atoms with Gasteiger partial charge in [-0.25, -0.2) is 0 Å². The lowest BCUT2D eigenvalue weighted by Crippen LogP contribution is -2.23. The van der Waals surface area contributed by atoms with Gasteiger partial charge in [-0.15, -0.1) is 10.2 Å². The SMILES string of the molecule is CCn1c(SC(C)C(=O)Nc2ccc(C(C)=O)cc2)nnc1-c1ccccc1OC. The fraction of sp³-hybridized carbons (Fsp3) is 0.273. The van der Waals surface area contributed by atoms with Crippen molar-refractivity contribution >= 4 is 29.1 Å². The number of ketones is 1. The monoisotopic (exact) mass is 424 g/mol. The lowest BCUT2D eigenvalue weighted by molar-refractivity contribution is -0.115. The molecule has 0 saturated carbocycles. The Labute approximate surface area is 179 Å². The van der Waals surface area contributed by atoms with E-state index >= 15 is 0 Å². The van der Waals surface area contributed by atoms with Gasteiger partial charge in [0.25, 0.3) is 0 Å². The molecule has 156 valence electrons. The van der Waals surface area contributed by atoms with E-state index in [2.05, 4.69) is 15.5 Å². The molecule has 0 aliphatic carbocycles. The van der Waals surface area contributed by atoms with Gasteiger partial charge in [0.1, 0.15) is 5.75 Å². The van der Waals surface area contributed by atoms with E-state index in [1.165, 1.54) is 18.7 Å². The van der Waals surface area contributed by atoms with Crippen LogP contribution in [0.25, 0.3) is 11.4 Å². The summed E-state index contributed by atoms with van der Waals surface area (Å²) in [5, 5.41) is 11.8. The zero-order valence-corrected chi connectivity index (χ0v) is 18.2. The summed E-state index contributed by atoms with van der Waals surface area (Å²) in [4.78, 5) is 24.0. The molecule has 0 aliphatic rings. The summed E-state index contributed by atoms with van der Waals surface area (Å²) in [5.41, 5.74) is 2.10. The lowest BCUT2D eigenvalue weighted by Gasteiger charge is -2.13. The summed E-state index contributed by atoms with van der Waals surface area (Å²) in [6.45, 7) is 5.99. The van der Waals surface area contributed by atoms with Crippen LogP contribution in [0, 0.1) is 0 Å². The minimum Gasteiger partial charge on any atom is -0.496 e. The highest BCUT2D eigenvalue weighted by Crippen LogP contribution is 2.32. The van der Waals surface area contributed by atoms with Crippen LogP contribution in [-0.2, 0) is 11.3 Å². The van der Waals surface area contributed by atoms with E-state index in [1.807, 2.05) is 42.7 Å². The first-order valence-corrected chi connectivity index (χ1v) is 10.5. The molecule has 1 unspecified atom stereocenters. The highest BCUT2D eigenvalue weighted by atomic mass is 32.2. The van der Waals surface area contributed by atoms with Crippen molar-refractivity contribution in [3.05, 3.63) is 54.1 Å². The molecule has 1 N–H and O–H groups in total. The maximum atomic E-state index is 12.6. The Hall–Kier alpha value is -3.13. The Bertz CT molecular complexity index is 1050. The number of carbonyl (C=O) groups excluding carboxylic acids is 2. The Morgan fingerprint density at radius 2 is 1.83 bits per heavy atom. The molecule has 0 saturated heterocycles. The van der Waals surface area contributed by atoms with Crippen molar-refractivity contribution in [2.45, 2.75) is 37.7 Å². The number of rotatable bonds is 8. The Kier molecular flexibility index (Phi) is 6.89. The summed E-state index contributed by atoms with van der Waals surface area (Å²) < 4.78 is 7.41. The summed E-state index contributed by atoms with van der Waals surface area (Å²) in [6, 6.07) is 14.5. The highest BCUT2D eigenvalue weighted by Gasteiger charge is 2.21. The molecule has 30 heavy (non-hydrogen) atoms. The number of anilines is 1. The van der Waals surface area contributed by atoms with Gasteiger partial charge in [0.05, 0.1) is 17.9 Å². The topological polar surface area (TPSA) is 86.1 Å². The minimum absolute atomic E-state index is 0.0125. The number of nitrogens with one attached hydrogen (secondary N) is 1. The number of hydrogen-bond donors (Lipinski definition) is 1. The summed E-state index contributed by atoms with van der Waals surface area (Å²) in [6.07, 6.45) is 0. The number of hydrogen-bond acceptors (Lipinski definition) is 6. The molecule has 0 bridgehead atoms. The molecule has 1 aromatic heterocycles. The molecule has 2 aromatic carbocycles. The predicted molar refractivity (Wildman–Crippen MR) is 118 cm³/mol. The van der Waals surface area contributed by atoms with Gasteiger partial charge in [-0.1, -0.05) is 23.9 Å². The van der Waals surface area contributed by atoms with Gasteiger partial charge < -0.3 is 14.6 Å². The molecule has 3 rings (SSSR count). The third kappa shape index (κ3) is 4.71. The van der Waals surface area contributed by atoms with Crippen LogP contribution < -0.4 is 10.1 Å². The number of Topliss-reactive ketones (excluding diaryl/α,β-unsaturated/α-hetero) is 1. The predicted octanol–water partition coefficient (Wildman–Crippen LogP) is 4.30. The van der Waals surface area contributed by atoms with E-state index in [4.69, 9.17) is 4.74 Å². The van der Waals surface area contributed by atoms with E-state index in [0.29, 0.717) is 28.8 Å². The Morgan fingerprint density at radius 1 is 1.13 bits per heavy atom. The van der Waals surface area contributed by atoms with Crippen LogP contribution >= 0.6 is 11.8 Å². The molecular formula is C22H24N4O3S. The second-order valence-electron chi connectivity index (χ2n) is 6.63. The van der Waals surface area contributed by atoms with Gasteiger partial charge in [0.2, 0.25) is 5.91 Å². The largest absolute Gasteiger partial charge is 0.496 e. The van der Waals surface area contributed by atoms with Gasteiger partial charge in [0.15, 0.2) is 16.8 Å². The highest BCUT2D eigenvalue weighted by molar-refractivity contribution is 8.00. The van der Waals surface area contributed by atoms with Crippen molar-refractivity contribution in [2.75, 3.05) is 12.4 Å². The quantitative estimate of drug-likeness (QED) is 0.429. The number of aromatic nitrogens is 3. The van der Waals surface area contributed by atoms with Crippen LogP contribution in [0.3, 0.4) is 0 Å². The van der Waals surface area contributed by atoms with Crippen molar-refractivity contribution < 1.29 is 14.3 Å². The molecule has 8 heteroatoms. The number of carbonyl (C=O) groups is 2. The molecule has 0 aliphatic heterocycles. The second-order valence-corrected chi connectivity index (χ2v) is 7.94. The zero-order valence-electron chi connectivity index (χ0n) is 17.4. The standard InChI is InChI=1S/C22H24N4O3S/c1-5-26-20(18-8-6-7-9-19(18)29-4)24-25-22(26)30-15(3)21(28)23-17-12-10-16(11-13-17)14(2)27/h6-13,15H,5H2,1-4H3,(H,23,28). The molecule has 1 amide bonds. The second kappa shape index (κ2) is 9.58. The Morgan fingerprint density at radius 3 is 2.47 bits per heavy atom. The number of amides is 1. The number of benzene rings is 2. The maximum absolute atomic E-state index is 12.6. The molecule has 1 heterocycles. The van der Waals surface area contributed by atoms with Gasteiger partial charge in [-0.05, 0) is 57.2 Å². The summed E-state index contributed by atoms with van der Waals surface area (Å²) >= 11 is 1.34. The molecule has 0 spiro atoms. The number of nitrogens with zero attached hydrogens (tertiary/aromatic N) is 3. The number of para-hydroxylation sites is 1. The van der Waals surface area contributed by atoms with Crippen LogP contribution in [0.1, 0.15) is 31.1 Å². The maximum Gasteiger partial charge on any atom is 0.237 e. The summed E-state index contributed by atoms with van der Waals surface area (Å²) in [5.74, 6) is 1.25. The smallest absolute Gasteiger partial charge is 0.237 e. The van der Waals surface area contributed by atoms with Crippen LogP contribution in [0.15, 0.2) is 53.7 Å². The minimum atomic E-state index is -0.391. The van der Waals surface area contributed by atoms with Crippen molar-refractivity contribution in [2.24, 2.45) is 0 Å². The number of thioether (sulfide) groups is 1. The third-order valence-electron chi connectivity index (χ3n) is 4.59. The van der Waals surface area contributed by atoms with Crippen molar-refractivity contribution in [3.63, 3.8) is 0 Å². The van der Waals surface area contributed by atoms with E-state index in [0.717, 1.165) is 11.3 Å². The van der Waals surface area contributed by atoms with Crippen LogP contribution in [0.5, 0.6) is 5.75 Å². The van der Waals surface area contributed by atoms with E-state index in [-0.39, 0.29) is 11.7 Å². The third-order valence-corrected chi connectivity index (χ3v) is 5.67. The van der Waals surface area contributed by atoms with Crippen LogP contribution in [0.4, 0.5) is 5.69 Å². The average Bonchev–Trinajstić information content (AvgIpc) is 3.16.